The fourth-order valence-electron chi connectivity index (χ4n) is 9.54. The van der Waals surface area contributed by atoms with Crippen LogP contribution in [0.3, 0.4) is 0 Å². The van der Waals surface area contributed by atoms with Crippen molar-refractivity contribution in [2.45, 2.75) is 327 Å². The van der Waals surface area contributed by atoms with Gasteiger partial charge in [-0.1, -0.05) is 256 Å². The van der Waals surface area contributed by atoms with Crippen LogP contribution >= 0.6 is 0 Å². The van der Waals surface area contributed by atoms with Crippen LogP contribution in [0.15, 0.2) is 48.6 Å². The largest absolute Gasteiger partial charge is 0.454 e. The van der Waals surface area contributed by atoms with Gasteiger partial charge in [0, 0.05) is 6.42 Å². The van der Waals surface area contributed by atoms with Gasteiger partial charge in [-0.3, -0.25) is 9.59 Å². The van der Waals surface area contributed by atoms with Gasteiger partial charge in [-0.15, -0.1) is 0 Å². The van der Waals surface area contributed by atoms with Gasteiger partial charge in [-0.05, 0) is 64.2 Å². The number of hydrogen-bond donors (Lipinski definition) is 6. The predicted octanol–water partition coefficient (Wildman–Crippen LogP) is 14.4. The molecular weight excluding hydrogens is 931 g/mol. The lowest BCUT2D eigenvalue weighted by molar-refractivity contribution is -0.305. The molecule has 11 heteroatoms. The Labute approximate surface area is 453 Å². The number of carbonyl (C=O) groups excluding carboxylic acids is 2. The topological polar surface area (TPSA) is 175 Å². The van der Waals surface area contributed by atoms with E-state index in [2.05, 4.69) is 62.5 Å². The van der Waals surface area contributed by atoms with E-state index in [4.69, 9.17) is 14.2 Å². The number of allylic oxidation sites excluding steroid dienone is 7. The van der Waals surface area contributed by atoms with Crippen LogP contribution in [-0.2, 0) is 23.8 Å². The molecule has 1 rings (SSSR count). The van der Waals surface area contributed by atoms with Gasteiger partial charge in [0.15, 0.2) is 12.4 Å². The van der Waals surface area contributed by atoms with Crippen LogP contribution in [0.5, 0.6) is 0 Å². The first-order valence-electron chi connectivity index (χ1n) is 30.9. The van der Waals surface area contributed by atoms with Crippen molar-refractivity contribution in [3.63, 3.8) is 0 Å². The maximum absolute atomic E-state index is 13.4. The highest BCUT2D eigenvalue weighted by atomic mass is 16.7. The summed E-state index contributed by atoms with van der Waals surface area (Å²) in [5.74, 6) is -1.20. The Balaban J connectivity index is 2.70. The molecule has 1 heterocycles. The molecule has 0 aromatic heterocycles. The minimum absolute atomic E-state index is 0.125. The minimum Gasteiger partial charge on any atom is -0.454 e. The van der Waals surface area contributed by atoms with Crippen molar-refractivity contribution in [2.24, 2.45) is 0 Å². The molecule has 0 aliphatic carbocycles. The maximum atomic E-state index is 13.4. The number of amides is 1. The van der Waals surface area contributed by atoms with Gasteiger partial charge in [0.25, 0.3) is 0 Å². The van der Waals surface area contributed by atoms with Crippen LogP contribution in [0.1, 0.15) is 278 Å². The molecule has 1 amide bonds. The third kappa shape index (κ3) is 39.1. The standard InChI is InChI=1S/C63H115NO10/c1-4-7-10-13-16-19-22-25-27-28-29-31-32-35-38-41-44-47-50-56(67)62(71)64-54(55(66)49-46-43-40-37-34-24-21-18-15-12-9-6-3)53-72-63-61(60(70)59(69)57(52-65)73-63)74-58(68)51-48-45-42-39-36-33-30-26-23-20-17-14-11-8-5-2/h16,19,25,27,29,31,46,49,54-57,59-61,63,65-67,69-70H,4-15,17-18,20-24,26,28,30,32-45,47-48,50-53H2,1-3H3,(H,64,71)/b19-16-,27-25-,31-29-,49-46+. The van der Waals surface area contributed by atoms with Crippen LogP contribution < -0.4 is 5.32 Å². The Morgan fingerprint density at radius 1 is 0.527 bits per heavy atom. The highest BCUT2D eigenvalue weighted by Gasteiger charge is 2.47. The zero-order valence-corrected chi connectivity index (χ0v) is 47.7. The Morgan fingerprint density at radius 2 is 0.932 bits per heavy atom. The minimum atomic E-state index is -1.61. The molecule has 0 aromatic carbocycles. The number of carbonyl (C=O) groups is 2. The fourth-order valence-corrected chi connectivity index (χ4v) is 9.54. The first-order chi connectivity index (χ1) is 36.2. The molecule has 1 aliphatic rings. The molecule has 0 spiro atoms. The number of ether oxygens (including phenoxy) is 3. The second-order valence-electron chi connectivity index (χ2n) is 21.4. The van der Waals surface area contributed by atoms with E-state index < -0.39 is 67.4 Å². The molecule has 11 nitrogen and oxygen atoms in total. The Morgan fingerprint density at radius 3 is 1.42 bits per heavy atom. The third-order valence-electron chi connectivity index (χ3n) is 14.5. The summed E-state index contributed by atoms with van der Waals surface area (Å²) in [7, 11) is 0. The van der Waals surface area contributed by atoms with Crippen LogP contribution in [0, 0.1) is 0 Å². The van der Waals surface area contributed by atoms with Gasteiger partial charge in [-0.25, -0.2) is 0 Å². The molecule has 1 fully saturated rings. The van der Waals surface area contributed by atoms with Gasteiger partial charge in [0.2, 0.25) is 5.91 Å². The average Bonchev–Trinajstić information content (AvgIpc) is 3.40. The Bertz CT molecular complexity index is 1390. The number of unbranched alkanes of at least 4 members (excludes halogenated alkanes) is 32. The number of aliphatic hydroxyl groups excluding tert-OH is 5. The molecule has 0 saturated carbocycles. The van der Waals surface area contributed by atoms with Crippen LogP contribution in [0.4, 0.5) is 0 Å². The maximum Gasteiger partial charge on any atom is 0.306 e. The zero-order valence-electron chi connectivity index (χ0n) is 47.7. The second kappa shape index (κ2) is 51.4. The van der Waals surface area contributed by atoms with E-state index in [1.807, 2.05) is 6.08 Å². The van der Waals surface area contributed by atoms with E-state index in [9.17, 15) is 35.1 Å². The third-order valence-corrected chi connectivity index (χ3v) is 14.5. The molecule has 0 radical (unpaired) electrons. The quantitative estimate of drug-likeness (QED) is 0.0195. The van der Waals surface area contributed by atoms with Gasteiger partial charge in [0.05, 0.1) is 25.4 Å². The van der Waals surface area contributed by atoms with E-state index in [1.54, 1.807) is 6.08 Å². The normalized spacial score (nSPS) is 19.6. The molecule has 74 heavy (non-hydrogen) atoms. The molecule has 1 aliphatic heterocycles. The highest BCUT2D eigenvalue weighted by Crippen LogP contribution is 2.26. The molecule has 1 saturated heterocycles. The Kier molecular flexibility index (Phi) is 48.3. The summed E-state index contributed by atoms with van der Waals surface area (Å²) in [4.78, 5) is 26.5. The number of nitrogens with one attached hydrogen (secondary N) is 1. The average molecular weight is 1050 g/mol. The van der Waals surface area contributed by atoms with Crippen LogP contribution in [-0.4, -0.2) is 99.6 Å². The number of rotatable bonds is 52. The first kappa shape index (κ1) is 69.6. The lowest BCUT2D eigenvalue weighted by Gasteiger charge is -2.41. The Hall–Kier alpha value is -2.38. The molecule has 0 bridgehead atoms. The second-order valence-corrected chi connectivity index (χ2v) is 21.4. The van der Waals surface area contributed by atoms with Crippen molar-refractivity contribution < 1.29 is 49.3 Å². The summed E-state index contributed by atoms with van der Waals surface area (Å²) in [6.45, 7) is 5.76. The summed E-state index contributed by atoms with van der Waals surface area (Å²) >= 11 is 0. The molecule has 8 atom stereocenters. The van der Waals surface area contributed by atoms with Crippen molar-refractivity contribution in [2.75, 3.05) is 13.2 Å². The van der Waals surface area contributed by atoms with Crippen molar-refractivity contribution in [1.82, 2.24) is 5.32 Å². The summed E-state index contributed by atoms with van der Waals surface area (Å²) < 4.78 is 17.6. The van der Waals surface area contributed by atoms with Gasteiger partial charge >= 0.3 is 5.97 Å². The summed E-state index contributed by atoms with van der Waals surface area (Å²) in [5.41, 5.74) is 0. The monoisotopic (exact) mass is 1050 g/mol. The van der Waals surface area contributed by atoms with Crippen molar-refractivity contribution in [1.29, 1.82) is 0 Å². The van der Waals surface area contributed by atoms with E-state index in [0.29, 0.717) is 12.8 Å². The van der Waals surface area contributed by atoms with Gasteiger partial charge in [-0.2, -0.15) is 0 Å². The number of aliphatic hydroxyl groups is 5. The molecule has 8 unspecified atom stereocenters. The summed E-state index contributed by atoms with van der Waals surface area (Å²) in [6.07, 6.45) is 51.4. The van der Waals surface area contributed by atoms with E-state index in [0.717, 1.165) is 83.5 Å². The molecule has 6 N–H and O–H groups in total. The van der Waals surface area contributed by atoms with E-state index in [-0.39, 0.29) is 19.4 Å². The number of hydrogen-bond acceptors (Lipinski definition) is 10. The lowest BCUT2D eigenvalue weighted by atomic mass is 9.99. The van der Waals surface area contributed by atoms with Crippen molar-refractivity contribution in [3.8, 4) is 0 Å². The smallest absolute Gasteiger partial charge is 0.306 e. The van der Waals surface area contributed by atoms with Crippen molar-refractivity contribution >= 4 is 11.9 Å². The van der Waals surface area contributed by atoms with Gasteiger partial charge < -0.3 is 45.1 Å². The first-order valence-corrected chi connectivity index (χ1v) is 30.9. The molecule has 432 valence electrons. The van der Waals surface area contributed by atoms with Gasteiger partial charge in [0.1, 0.15) is 24.4 Å². The van der Waals surface area contributed by atoms with E-state index in [1.165, 1.54) is 148 Å². The van der Waals surface area contributed by atoms with Crippen LogP contribution in [0.25, 0.3) is 0 Å². The summed E-state index contributed by atoms with van der Waals surface area (Å²) in [5, 5.41) is 56.9. The highest BCUT2D eigenvalue weighted by molar-refractivity contribution is 5.80. The lowest BCUT2D eigenvalue weighted by Crippen LogP contribution is -2.61. The SMILES string of the molecule is CCCCC/C=C\C/C=C\C/C=C\CCCCCCCC(O)C(=O)NC(COC1OC(CO)C(O)C(O)C1OC(=O)CCCCCCCCCCCCCCCCC)C(O)/C=C/CCCCCCCCCCCC. The molecule has 0 aromatic rings. The molecular formula is C63H115NO10. The van der Waals surface area contributed by atoms with Crippen molar-refractivity contribution in [3.05, 3.63) is 48.6 Å². The fraction of sp³-hybridized carbons (Fsp3) is 0.841. The number of esters is 1. The summed E-state index contributed by atoms with van der Waals surface area (Å²) in [6, 6.07) is -1.03. The predicted molar refractivity (Wildman–Crippen MR) is 306 cm³/mol. The zero-order chi connectivity index (χ0) is 54.0. The van der Waals surface area contributed by atoms with E-state index >= 15 is 0 Å². The van der Waals surface area contributed by atoms with Crippen LogP contribution in [0.2, 0.25) is 0 Å².